The summed E-state index contributed by atoms with van der Waals surface area (Å²) in [6.07, 6.45) is 1.12. The minimum atomic E-state index is -1.15. The molecule has 0 aromatic heterocycles. The molecule has 1 aliphatic rings. The van der Waals surface area contributed by atoms with E-state index in [-0.39, 0.29) is 61.9 Å². The number of hydrogen-bond acceptors (Lipinski definition) is 12. The topological polar surface area (TPSA) is 233 Å². The van der Waals surface area contributed by atoms with Crippen molar-refractivity contribution in [2.24, 2.45) is 0 Å². The number of nitrogens with one attached hydrogen (secondary N) is 4. The van der Waals surface area contributed by atoms with E-state index in [0.29, 0.717) is 50.4 Å². The molecule has 0 unspecified atom stereocenters. The van der Waals surface area contributed by atoms with Gasteiger partial charge in [0, 0.05) is 29.9 Å². The van der Waals surface area contributed by atoms with Crippen LogP contribution in [0.4, 0.5) is 0 Å². The number of aliphatic carboxylic acids is 1. The number of Topliss-reactive ketones (excluding diaryl/α,β-unsaturated/α-hetero) is 1. The first-order valence-corrected chi connectivity index (χ1v) is 16.4. The molecule has 1 aliphatic heterocycles. The van der Waals surface area contributed by atoms with E-state index in [1.807, 2.05) is 32.0 Å². The average molecular weight is 764 g/mol. The van der Waals surface area contributed by atoms with Gasteiger partial charge in [-0.15, -0.1) is 24.8 Å². The Kier molecular flexibility index (Phi) is 22.9. The Morgan fingerprint density at radius 3 is 2.20 bits per heavy atom. The Hall–Kier alpha value is -3.57. The predicted molar refractivity (Wildman–Crippen MR) is 195 cm³/mol. The third-order valence-corrected chi connectivity index (χ3v) is 7.75. The zero-order valence-electron chi connectivity index (χ0n) is 29.1. The molecule has 1 heterocycles. The van der Waals surface area contributed by atoms with Crippen LogP contribution in [0.15, 0.2) is 36.4 Å². The van der Waals surface area contributed by atoms with Gasteiger partial charge in [-0.1, -0.05) is 38.1 Å². The van der Waals surface area contributed by atoms with E-state index in [1.165, 1.54) is 6.92 Å². The minimum Gasteiger partial charge on any atom is -0.490 e. The molecule has 4 atom stereocenters. The van der Waals surface area contributed by atoms with Crippen LogP contribution in [0.1, 0.15) is 59.3 Å². The Balaban J connectivity index is 0.00000833. The van der Waals surface area contributed by atoms with Crippen molar-refractivity contribution < 1.29 is 53.9 Å². The van der Waals surface area contributed by atoms with Crippen LogP contribution < -0.4 is 30.7 Å². The van der Waals surface area contributed by atoms with E-state index >= 15 is 0 Å². The SMILES string of the molecule is CC(C)NC[C@@H](O)COc1cccc2c(OCC(=O)NCCCC[C@H](N[C@@H](C)C(=O)CC(=O)OC(=O)[C@@H]3CCCN3)C(=O)O)cccc12.Cl.Cl.O. The number of rotatable bonds is 21. The molecule has 1 saturated heterocycles. The first-order chi connectivity index (χ1) is 22.9. The number of halogens is 2. The van der Waals surface area contributed by atoms with Crippen LogP contribution >= 0.6 is 24.8 Å². The molecule has 2 aromatic carbocycles. The molecule has 0 bridgehead atoms. The number of carbonyl (C=O) groups excluding carboxylic acids is 4. The number of benzene rings is 2. The highest BCUT2D eigenvalue weighted by molar-refractivity contribution is 6.02. The van der Waals surface area contributed by atoms with Crippen LogP contribution in [-0.2, 0) is 28.7 Å². The van der Waals surface area contributed by atoms with Gasteiger partial charge >= 0.3 is 17.9 Å². The van der Waals surface area contributed by atoms with Gasteiger partial charge in [0.15, 0.2) is 12.4 Å². The van der Waals surface area contributed by atoms with Gasteiger partial charge in [-0.25, -0.2) is 4.79 Å². The zero-order chi connectivity index (χ0) is 35.1. The molecule has 1 fully saturated rings. The lowest BCUT2D eigenvalue weighted by Crippen LogP contribution is -2.46. The first-order valence-electron chi connectivity index (χ1n) is 16.4. The van der Waals surface area contributed by atoms with E-state index in [4.69, 9.17) is 14.2 Å². The zero-order valence-corrected chi connectivity index (χ0v) is 30.7. The van der Waals surface area contributed by atoms with Crippen molar-refractivity contribution in [1.82, 2.24) is 21.3 Å². The van der Waals surface area contributed by atoms with Crippen molar-refractivity contribution in [2.75, 3.05) is 32.8 Å². The summed E-state index contributed by atoms with van der Waals surface area (Å²) < 4.78 is 16.4. The number of carboxylic acids is 1. The van der Waals surface area contributed by atoms with Crippen LogP contribution in [0.2, 0.25) is 0 Å². The molecule has 288 valence electrons. The number of amides is 1. The van der Waals surface area contributed by atoms with Crippen molar-refractivity contribution in [1.29, 1.82) is 0 Å². The molecule has 0 saturated carbocycles. The van der Waals surface area contributed by atoms with Gasteiger partial charge in [0.25, 0.3) is 5.91 Å². The quantitative estimate of drug-likeness (QED) is 0.0602. The second-order valence-electron chi connectivity index (χ2n) is 12.1. The van der Waals surface area contributed by atoms with E-state index < -0.39 is 54.3 Å². The van der Waals surface area contributed by atoms with Crippen LogP contribution in [0, 0.1) is 0 Å². The highest BCUT2D eigenvalue weighted by atomic mass is 35.5. The number of aliphatic hydroxyl groups excluding tert-OH is 1. The smallest absolute Gasteiger partial charge is 0.330 e. The van der Waals surface area contributed by atoms with Gasteiger partial charge < -0.3 is 45.9 Å². The summed E-state index contributed by atoms with van der Waals surface area (Å²) in [7, 11) is 0. The lowest BCUT2D eigenvalue weighted by atomic mass is 10.1. The molecule has 15 nitrogen and oxygen atoms in total. The Morgan fingerprint density at radius 2 is 1.61 bits per heavy atom. The van der Waals surface area contributed by atoms with Gasteiger partial charge in [-0.05, 0) is 57.7 Å². The molecule has 0 spiro atoms. The van der Waals surface area contributed by atoms with Crippen LogP contribution in [0.3, 0.4) is 0 Å². The molecular weight excluding hydrogens is 711 g/mol. The Morgan fingerprint density at radius 1 is 0.961 bits per heavy atom. The summed E-state index contributed by atoms with van der Waals surface area (Å²) in [5.41, 5.74) is 0. The van der Waals surface area contributed by atoms with Gasteiger partial charge in [0.2, 0.25) is 0 Å². The maximum atomic E-state index is 12.5. The molecule has 2 aromatic rings. The number of esters is 2. The minimum absolute atomic E-state index is 0. The van der Waals surface area contributed by atoms with Crippen molar-refractivity contribution in [3.8, 4) is 11.5 Å². The maximum absolute atomic E-state index is 12.5. The van der Waals surface area contributed by atoms with E-state index in [2.05, 4.69) is 21.3 Å². The summed E-state index contributed by atoms with van der Waals surface area (Å²) in [5, 5.41) is 32.9. The fourth-order valence-electron chi connectivity index (χ4n) is 5.09. The number of hydrogen-bond donors (Lipinski definition) is 6. The normalized spacial score (nSPS) is 15.3. The van der Waals surface area contributed by atoms with E-state index in [9.17, 15) is 34.2 Å². The van der Waals surface area contributed by atoms with Crippen molar-refractivity contribution >= 4 is 65.2 Å². The number of carboxylic acid groups (broad SMARTS) is 1. The monoisotopic (exact) mass is 762 g/mol. The third kappa shape index (κ3) is 16.5. The second-order valence-corrected chi connectivity index (χ2v) is 12.1. The highest BCUT2D eigenvalue weighted by Gasteiger charge is 2.28. The number of ketones is 1. The van der Waals surface area contributed by atoms with Crippen LogP contribution in [0.25, 0.3) is 10.8 Å². The average Bonchev–Trinajstić information content (AvgIpc) is 3.60. The fourth-order valence-corrected chi connectivity index (χ4v) is 5.09. The molecule has 3 rings (SSSR count). The first kappa shape index (κ1) is 47.4. The third-order valence-electron chi connectivity index (χ3n) is 7.75. The number of aliphatic hydroxyl groups is 1. The predicted octanol–water partition coefficient (Wildman–Crippen LogP) is 1.47. The summed E-state index contributed by atoms with van der Waals surface area (Å²) in [4.78, 5) is 60.7. The summed E-state index contributed by atoms with van der Waals surface area (Å²) in [6, 6.07) is 8.58. The van der Waals surface area contributed by atoms with Gasteiger partial charge in [0.05, 0.1) is 6.04 Å². The molecule has 1 amide bonds. The van der Waals surface area contributed by atoms with Gasteiger partial charge in [-0.2, -0.15) is 0 Å². The standard InChI is InChI=1S/C34H48N4O10.2ClH.H2O/c1-21(2)37-18-23(39)19-46-29-13-6-10-25-24(29)9-7-14-30(25)47-20-31(41)36-15-5-4-11-26(33(43)44)38-22(3)28(40)17-32(42)48-34(45)27-12-8-16-35-27;;;/h6-7,9-10,13-14,21-23,26-27,35,37-39H,4-5,8,11-12,15-20H2,1-3H3,(H,36,41)(H,43,44);2*1H;1H2/t22-,23+,26-,27-;;;/m0.../s1. The number of fused-ring (bicyclic) bond motifs is 1. The largest absolute Gasteiger partial charge is 0.490 e. The summed E-state index contributed by atoms with van der Waals surface area (Å²) in [5.74, 6) is -2.69. The van der Waals surface area contributed by atoms with Gasteiger partial charge in [-0.3, -0.25) is 24.5 Å². The Labute approximate surface area is 310 Å². The highest BCUT2D eigenvalue weighted by Crippen LogP contribution is 2.32. The van der Waals surface area contributed by atoms with E-state index in [0.717, 1.165) is 17.2 Å². The summed E-state index contributed by atoms with van der Waals surface area (Å²) >= 11 is 0. The second kappa shape index (κ2) is 24.6. The molecular formula is C34H52Cl2N4O11. The molecule has 0 aliphatic carbocycles. The lowest BCUT2D eigenvalue weighted by molar-refractivity contribution is -0.161. The Bertz CT molecular complexity index is 1410. The van der Waals surface area contributed by atoms with Crippen molar-refractivity contribution in [2.45, 2.75) is 89.6 Å². The fraction of sp³-hybridized carbons (Fsp3) is 0.559. The molecule has 17 heteroatoms. The number of unbranched alkanes of at least 4 members (excludes halogenated alkanes) is 1. The molecule has 0 radical (unpaired) electrons. The summed E-state index contributed by atoms with van der Waals surface area (Å²) in [6.45, 7) is 6.69. The molecule has 8 N–H and O–H groups in total. The van der Waals surface area contributed by atoms with Crippen molar-refractivity contribution in [3.63, 3.8) is 0 Å². The molecule has 51 heavy (non-hydrogen) atoms. The maximum Gasteiger partial charge on any atom is 0.330 e. The van der Waals surface area contributed by atoms with Gasteiger partial charge in [0.1, 0.15) is 42.7 Å². The van der Waals surface area contributed by atoms with Crippen LogP contribution in [-0.4, -0.2) is 108 Å². The lowest BCUT2D eigenvalue weighted by Gasteiger charge is -2.19. The van der Waals surface area contributed by atoms with E-state index in [1.54, 1.807) is 18.2 Å². The number of ether oxygens (including phenoxy) is 3. The van der Waals surface area contributed by atoms with Crippen LogP contribution in [0.5, 0.6) is 11.5 Å². The number of carbonyl (C=O) groups is 5. The van der Waals surface area contributed by atoms with Crippen molar-refractivity contribution in [3.05, 3.63) is 36.4 Å².